The summed E-state index contributed by atoms with van der Waals surface area (Å²) in [5, 5.41) is 4.33. The molecule has 1 unspecified atom stereocenters. The molecule has 6 nitrogen and oxygen atoms in total. The molecule has 0 saturated heterocycles. The Bertz CT molecular complexity index is 1170. The number of rotatable bonds is 7. The van der Waals surface area contributed by atoms with Gasteiger partial charge in [0.1, 0.15) is 10.6 Å². The number of amides is 1. The second-order valence-electron chi connectivity index (χ2n) is 7.89. The van der Waals surface area contributed by atoms with Gasteiger partial charge in [0.25, 0.3) is 5.56 Å². The van der Waals surface area contributed by atoms with Gasteiger partial charge in [0, 0.05) is 18.0 Å². The normalized spacial score (nSPS) is 15.6. The van der Waals surface area contributed by atoms with E-state index in [0.29, 0.717) is 24.2 Å². The number of methoxy groups -OCH3 is 1. The Balaban J connectivity index is 1.49. The van der Waals surface area contributed by atoms with Gasteiger partial charge in [-0.3, -0.25) is 14.2 Å². The molecule has 164 valence electrons. The highest BCUT2D eigenvalue weighted by Gasteiger charge is 2.24. The van der Waals surface area contributed by atoms with E-state index in [0.717, 1.165) is 40.8 Å². The summed E-state index contributed by atoms with van der Waals surface area (Å²) in [5.74, 6) is 1.53. The zero-order chi connectivity index (χ0) is 22.0. The zero-order valence-corrected chi connectivity index (χ0v) is 19.7. The van der Waals surface area contributed by atoms with Crippen molar-refractivity contribution in [3.8, 4) is 5.75 Å². The molecular weight excluding hydrogens is 430 g/mol. The van der Waals surface area contributed by atoms with Crippen LogP contribution in [0, 0.1) is 5.92 Å². The lowest BCUT2D eigenvalue weighted by atomic mass is 9.89. The van der Waals surface area contributed by atoms with E-state index in [9.17, 15) is 9.59 Å². The van der Waals surface area contributed by atoms with Gasteiger partial charge in [0.05, 0.1) is 18.2 Å². The van der Waals surface area contributed by atoms with E-state index in [1.54, 1.807) is 23.0 Å². The van der Waals surface area contributed by atoms with Gasteiger partial charge in [0.15, 0.2) is 5.16 Å². The van der Waals surface area contributed by atoms with Crippen LogP contribution in [-0.4, -0.2) is 28.3 Å². The molecule has 0 fully saturated rings. The largest absolute Gasteiger partial charge is 0.497 e. The number of thioether (sulfide) groups is 1. The van der Waals surface area contributed by atoms with Crippen LogP contribution in [0.25, 0.3) is 10.2 Å². The highest BCUT2D eigenvalue weighted by Crippen LogP contribution is 2.36. The number of benzene rings is 1. The summed E-state index contributed by atoms with van der Waals surface area (Å²) in [6.07, 6.45) is 3.10. The van der Waals surface area contributed by atoms with Crippen LogP contribution in [0.4, 0.5) is 0 Å². The molecule has 1 aromatic carbocycles. The number of ether oxygens (including phenoxy) is 1. The number of carbonyl (C=O) groups is 1. The second-order valence-corrected chi connectivity index (χ2v) is 9.92. The van der Waals surface area contributed by atoms with Gasteiger partial charge < -0.3 is 10.1 Å². The SMILES string of the molecule is CCn1c(SCC(=O)NCc2cccc(OC)c2)nc2sc3c(c2c1=O)CCC(C)C3. The van der Waals surface area contributed by atoms with E-state index in [2.05, 4.69) is 12.2 Å². The van der Waals surface area contributed by atoms with E-state index in [1.807, 2.05) is 31.2 Å². The third-order valence-electron chi connectivity index (χ3n) is 5.65. The number of nitrogens with zero attached hydrogens (tertiary/aromatic N) is 2. The van der Waals surface area contributed by atoms with E-state index in [4.69, 9.17) is 9.72 Å². The van der Waals surface area contributed by atoms with E-state index >= 15 is 0 Å². The Hall–Kier alpha value is -2.32. The number of hydrogen-bond acceptors (Lipinski definition) is 6. The third kappa shape index (κ3) is 4.65. The minimum Gasteiger partial charge on any atom is -0.497 e. The first-order valence-corrected chi connectivity index (χ1v) is 12.4. The van der Waals surface area contributed by atoms with Gasteiger partial charge >= 0.3 is 0 Å². The highest BCUT2D eigenvalue weighted by molar-refractivity contribution is 7.99. The average molecular weight is 458 g/mol. The van der Waals surface area contributed by atoms with Crippen LogP contribution in [0.15, 0.2) is 34.2 Å². The molecule has 8 heteroatoms. The fourth-order valence-corrected chi connectivity index (χ4v) is 6.27. The molecule has 1 aliphatic carbocycles. The van der Waals surface area contributed by atoms with Gasteiger partial charge in [0.2, 0.25) is 5.91 Å². The molecule has 3 aromatic rings. The minimum absolute atomic E-state index is 0.0267. The highest BCUT2D eigenvalue weighted by atomic mass is 32.2. The number of aromatic nitrogens is 2. The molecule has 0 radical (unpaired) electrons. The number of thiophene rings is 1. The lowest BCUT2D eigenvalue weighted by Gasteiger charge is -2.17. The molecule has 0 saturated carbocycles. The van der Waals surface area contributed by atoms with Crippen molar-refractivity contribution in [1.82, 2.24) is 14.9 Å². The van der Waals surface area contributed by atoms with Gasteiger partial charge in [-0.15, -0.1) is 11.3 Å². The van der Waals surface area contributed by atoms with E-state index in [1.165, 1.54) is 22.2 Å². The van der Waals surface area contributed by atoms with Crippen LogP contribution in [-0.2, 0) is 30.7 Å². The number of hydrogen-bond donors (Lipinski definition) is 1. The quantitative estimate of drug-likeness (QED) is 0.429. The van der Waals surface area contributed by atoms with Crippen molar-refractivity contribution in [2.75, 3.05) is 12.9 Å². The topological polar surface area (TPSA) is 73.2 Å². The summed E-state index contributed by atoms with van der Waals surface area (Å²) in [6.45, 7) is 5.18. The first-order chi connectivity index (χ1) is 15.0. The Morgan fingerprint density at radius 1 is 1.42 bits per heavy atom. The molecule has 1 amide bonds. The fraction of sp³-hybridized carbons (Fsp3) is 0.435. The van der Waals surface area contributed by atoms with Crippen LogP contribution >= 0.6 is 23.1 Å². The summed E-state index contributed by atoms with van der Waals surface area (Å²) >= 11 is 2.97. The maximum atomic E-state index is 13.2. The van der Waals surface area contributed by atoms with E-state index < -0.39 is 0 Å². The van der Waals surface area contributed by atoms with Gasteiger partial charge in [-0.25, -0.2) is 4.98 Å². The fourth-order valence-electron chi connectivity index (χ4n) is 3.96. The smallest absolute Gasteiger partial charge is 0.263 e. The van der Waals surface area contributed by atoms with Crippen molar-refractivity contribution in [3.05, 3.63) is 50.6 Å². The third-order valence-corrected chi connectivity index (χ3v) is 7.78. The molecule has 1 atom stereocenters. The molecule has 31 heavy (non-hydrogen) atoms. The summed E-state index contributed by atoms with van der Waals surface area (Å²) in [7, 11) is 1.62. The van der Waals surface area contributed by atoms with Crippen molar-refractivity contribution < 1.29 is 9.53 Å². The molecule has 0 bridgehead atoms. The Labute approximate surface area is 190 Å². The molecule has 1 aliphatic rings. The first-order valence-electron chi connectivity index (χ1n) is 10.6. The number of aryl methyl sites for hydroxylation is 1. The molecular formula is C23H27N3O3S2. The number of fused-ring (bicyclic) bond motifs is 3. The van der Waals surface area contributed by atoms with Crippen LogP contribution in [0.2, 0.25) is 0 Å². The Morgan fingerprint density at radius 3 is 3.03 bits per heavy atom. The number of nitrogens with one attached hydrogen (secondary N) is 1. The predicted molar refractivity (Wildman–Crippen MR) is 126 cm³/mol. The maximum absolute atomic E-state index is 13.2. The summed E-state index contributed by atoms with van der Waals surface area (Å²) < 4.78 is 6.92. The second kappa shape index (κ2) is 9.44. The Morgan fingerprint density at radius 2 is 2.26 bits per heavy atom. The molecule has 0 spiro atoms. The van der Waals surface area contributed by atoms with Gasteiger partial charge in [-0.05, 0) is 55.4 Å². The molecule has 0 aliphatic heterocycles. The molecule has 2 aromatic heterocycles. The van der Waals surface area contributed by atoms with Crippen molar-refractivity contribution in [1.29, 1.82) is 0 Å². The molecule has 4 rings (SSSR count). The van der Waals surface area contributed by atoms with Gasteiger partial charge in [-0.2, -0.15) is 0 Å². The van der Waals surface area contributed by atoms with Crippen LogP contribution in [0.3, 0.4) is 0 Å². The van der Waals surface area contributed by atoms with E-state index in [-0.39, 0.29) is 17.2 Å². The zero-order valence-electron chi connectivity index (χ0n) is 18.1. The van der Waals surface area contributed by atoms with Crippen molar-refractivity contribution in [2.24, 2.45) is 5.92 Å². The average Bonchev–Trinajstić information content (AvgIpc) is 3.13. The maximum Gasteiger partial charge on any atom is 0.263 e. The lowest BCUT2D eigenvalue weighted by molar-refractivity contribution is -0.118. The van der Waals surface area contributed by atoms with Crippen molar-refractivity contribution in [3.63, 3.8) is 0 Å². The van der Waals surface area contributed by atoms with Gasteiger partial charge in [-0.1, -0.05) is 30.8 Å². The summed E-state index contributed by atoms with van der Waals surface area (Å²) in [6, 6.07) is 7.61. The first kappa shape index (κ1) is 21.9. The molecule has 1 N–H and O–H groups in total. The van der Waals surface area contributed by atoms with Crippen LogP contribution < -0.4 is 15.6 Å². The van der Waals surface area contributed by atoms with Crippen LogP contribution in [0.1, 0.15) is 36.3 Å². The van der Waals surface area contributed by atoms with Crippen molar-refractivity contribution >= 4 is 39.2 Å². The standard InChI is InChI=1S/C23H27N3O3S2/c1-4-26-22(28)20-17-9-8-14(2)10-18(17)31-21(20)25-23(26)30-13-19(27)24-12-15-6-5-7-16(11-15)29-3/h5-7,11,14H,4,8-10,12-13H2,1-3H3,(H,24,27). The predicted octanol–water partition coefficient (Wildman–Crippen LogP) is 4.02. The number of carbonyl (C=O) groups excluding carboxylic acids is 1. The summed E-state index contributed by atoms with van der Waals surface area (Å²) in [5.41, 5.74) is 2.20. The summed E-state index contributed by atoms with van der Waals surface area (Å²) in [4.78, 5) is 32.5. The minimum atomic E-state index is -0.0934. The monoisotopic (exact) mass is 457 g/mol. The Kier molecular flexibility index (Phi) is 6.67. The molecule has 2 heterocycles. The lowest BCUT2D eigenvalue weighted by Crippen LogP contribution is -2.26. The van der Waals surface area contributed by atoms with Crippen molar-refractivity contribution in [2.45, 2.75) is 51.4 Å². The van der Waals surface area contributed by atoms with Crippen LogP contribution in [0.5, 0.6) is 5.75 Å².